The van der Waals surface area contributed by atoms with Crippen LogP contribution in [0.4, 0.5) is 4.39 Å². The highest BCUT2D eigenvalue weighted by Crippen LogP contribution is 2.32. The number of nitrogens with one attached hydrogen (secondary N) is 1. The normalized spacial score (nSPS) is 12.4. The summed E-state index contributed by atoms with van der Waals surface area (Å²) in [6, 6.07) is 4.20. The van der Waals surface area contributed by atoms with E-state index < -0.39 is 11.9 Å². The van der Waals surface area contributed by atoms with E-state index in [0.29, 0.717) is 23.6 Å². The molecular weight excluding hydrogens is 295 g/mol. The topological polar surface area (TPSA) is 65.1 Å². The highest BCUT2D eigenvalue weighted by molar-refractivity contribution is 6.30. The van der Waals surface area contributed by atoms with Crippen molar-refractivity contribution in [1.29, 1.82) is 0 Å². The van der Waals surface area contributed by atoms with Crippen LogP contribution in [0.3, 0.4) is 0 Å². The molecule has 1 heterocycles. The minimum atomic E-state index is -0.604. The van der Waals surface area contributed by atoms with Gasteiger partial charge < -0.3 is 4.74 Å². The van der Waals surface area contributed by atoms with Gasteiger partial charge in [-0.3, -0.25) is 10.5 Å². The zero-order valence-electron chi connectivity index (χ0n) is 11.9. The third kappa shape index (κ3) is 3.02. The van der Waals surface area contributed by atoms with Crippen LogP contribution in [0.5, 0.6) is 5.75 Å². The van der Waals surface area contributed by atoms with Gasteiger partial charge in [0.05, 0.1) is 24.4 Å². The zero-order valence-corrected chi connectivity index (χ0v) is 12.7. The van der Waals surface area contributed by atoms with Crippen LogP contribution < -0.4 is 16.0 Å². The summed E-state index contributed by atoms with van der Waals surface area (Å²) in [5.74, 6) is 5.69. The maximum atomic E-state index is 14.3. The standard InChI is InChI=1S/C14H18ClFN4O/c1-3-7-20-14(11(21-2)8-18-20)13(19-17)9-5-4-6-10(15)12(9)16/h4-6,8,13,19H,3,7,17H2,1-2H3. The van der Waals surface area contributed by atoms with Gasteiger partial charge in [-0.15, -0.1) is 0 Å². The van der Waals surface area contributed by atoms with Crippen LogP contribution in [0.2, 0.25) is 5.02 Å². The van der Waals surface area contributed by atoms with Gasteiger partial charge in [0.15, 0.2) is 5.75 Å². The molecule has 0 spiro atoms. The summed E-state index contributed by atoms with van der Waals surface area (Å²) in [6.07, 6.45) is 2.48. The fraction of sp³-hybridized carbons (Fsp3) is 0.357. The lowest BCUT2D eigenvalue weighted by atomic mass is 10.0. The Kier molecular flexibility index (Phi) is 5.17. The molecule has 2 aromatic rings. The number of aryl methyl sites for hydroxylation is 1. The smallest absolute Gasteiger partial charge is 0.161 e. The summed E-state index contributed by atoms with van der Waals surface area (Å²) in [4.78, 5) is 0. The first kappa shape index (κ1) is 15.8. The van der Waals surface area contributed by atoms with Crippen molar-refractivity contribution in [3.63, 3.8) is 0 Å². The lowest BCUT2D eigenvalue weighted by molar-refractivity contribution is 0.396. The number of methoxy groups -OCH3 is 1. The molecular formula is C14H18ClFN4O. The van der Waals surface area contributed by atoms with E-state index in [1.807, 2.05) is 6.92 Å². The Hall–Kier alpha value is -1.63. The maximum absolute atomic E-state index is 14.3. The van der Waals surface area contributed by atoms with E-state index in [0.717, 1.165) is 6.42 Å². The predicted octanol–water partition coefficient (Wildman–Crippen LogP) is 2.65. The largest absolute Gasteiger partial charge is 0.493 e. The quantitative estimate of drug-likeness (QED) is 0.636. The molecule has 5 nitrogen and oxygen atoms in total. The number of hydrogen-bond acceptors (Lipinski definition) is 4. The first-order chi connectivity index (χ1) is 10.1. The molecule has 3 N–H and O–H groups in total. The number of rotatable bonds is 6. The average molecular weight is 313 g/mol. The van der Waals surface area contributed by atoms with Crippen molar-refractivity contribution in [3.05, 3.63) is 46.5 Å². The van der Waals surface area contributed by atoms with Gasteiger partial charge in [-0.25, -0.2) is 9.82 Å². The molecule has 0 radical (unpaired) electrons. The molecule has 2 rings (SSSR count). The Morgan fingerprint density at radius 3 is 2.90 bits per heavy atom. The number of nitrogens with zero attached hydrogens (tertiary/aromatic N) is 2. The van der Waals surface area contributed by atoms with Crippen LogP contribution in [-0.2, 0) is 6.54 Å². The number of hydrazine groups is 1. The molecule has 0 saturated heterocycles. The average Bonchev–Trinajstić information content (AvgIpc) is 2.88. The van der Waals surface area contributed by atoms with Crippen molar-refractivity contribution in [2.75, 3.05) is 7.11 Å². The lowest BCUT2D eigenvalue weighted by Crippen LogP contribution is -2.31. The van der Waals surface area contributed by atoms with E-state index in [2.05, 4.69) is 10.5 Å². The first-order valence-electron chi connectivity index (χ1n) is 6.63. The van der Waals surface area contributed by atoms with Crippen LogP contribution in [0.1, 0.15) is 30.6 Å². The van der Waals surface area contributed by atoms with Crippen molar-refractivity contribution in [2.24, 2.45) is 5.84 Å². The number of hydrogen-bond donors (Lipinski definition) is 2. The third-order valence-electron chi connectivity index (χ3n) is 3.23. The molecule has 0 amide bonds. The van der Waals surface area contributed by atoms with Crippen LogP contribution in [0, 0.1) is 5.82 Å². The monoisotopic (exact) mass is 312 g/mol. The fourth-order valence-corrected chi connectivity index (χ4v) is 2.46. The van der Waals surface area contributed by atoms with Gasteiger partial charge in [0, 0.05) is 12.1 Å². The molecule has 114 valence electrons. The second-order valence-electron chi connectivity index (χ2n) is 4.56. The van der Waals surface area contributed by atoms with E-state index in [-0.39, 0.29) is 5.02 Å². The predicted molar refractivity (Wildman–Crippen MR) is 79.6 cm³/mol. The molecule has 0 bridgehead atoms. The molecule has 0 fully saturated rings. The van der Waals surface area contributed by atoms with Gasteiger partial charge in [0.25, 0.3) is 0 Å². The molecule has 0 aliphatic carbocycles. The number of halogens is 2. The Balaban J connectivity index is 2.55. The fourth-order valence-electron chi connectivity index (χ4n) is 2.28. The highest BCUT2D eigenvalue weighted by Gasteiger charge is 2.25. The molecule has 0 aliphatic rings. The van der Waals surface area contributed by atoms with Gasteiger partial charge in [0.2, 0.25) is 0 Å². The minimum absolute atomic E-state index is 0.0493. The molecule has 1 aromatic carbocycles. The van der Waals surface area contributed by atoms with Crippen molar-refractivity contribution < 1.29 is 9.13 Å². The van der Waals surface area contributed by atoms with Gasteiger partial charge in [-0.1, -0.05) is 30.7 Å². The summed E-state index contributed by atoms with van der Waals surface area (Å²) in [6.45, 7) is 2.71. The Morgan fingerprint density at radius 2 is 2.29 bits per heavy atom. The highest BCUT2D eigenvalue weighted by atomic mass is 35.5. The molecule has 1 atom stereocenters. The van der Waals surface area contributed by atoms with Crippen molar-refractivity contribution in [1.82, 2.24) is 15.2 Å². The summed E-state index contributed by atoms with van der Waals surface area (Å²) in [7, 11) is 1.54. The Morgan fingerprint density at radius 1 is 1.52 bits per heavy atom. The Bertz CT molecular complexity index is 617. The summed E-state index contributed by atoms with van der Waals surface area (Å²) in [5.41, 5.74) is 3.64. The molecule has 21 heavy (non-hydrogen) atoms. The third-order valence-corrected chi connectivity index (χ3v) is 3.52. The minimum Gasteiger partial charge on any atom is -0.493 e. The summed E-state index contributed by atoms with van der Waals surface area (Å²) >= 11 is 5.85. The van der Waals surface area contributed by atoms with Gasteiger partial charge in [-0.2, -0.15) is 5.10 Å². The van der Waals surface area contributed by atoms with Gasteiger partial charge in [-0.05, 0) is 12.5 Å². The number of ether oxygens (including phenoxy) is 1. The van der Waals surface area contributed by atoms with Gasteiger partial charge in [0.1, 0.15) is 11.5 Å². The van der Waals surface area contributed by atoms with Crippen LogP contribution in [-0.4, -0.2) is 16.9 Å². The number of aromatic nitrogens is 2. The second-order valence-corrected chi connectivity index (χ2v) is 4.97. The SMILES string of the molecule is CCCn1ncc(OC)c1C(NN)c1cccc(Cl)c1F. The van der Waals surface area contributed by atoms with Crippen LogP contribution in [0.25, 0.3) is 0 Å². The van der Waals surface area contributed by atoms with Crippen molar-refractivity contribution in [3.8, 4) is 5.75 Å². The van der Waals surface area contributed by atoms with Crippen LogP contribution >= 0.6 is 11.6 Å². The molecule has 0 aliphatic heterocycles. The summed E-state index contributed by atoms with van der Waals surface area (Å²) in [5, 5.41) is 4.31. The first-order valence-corrected chi connectivity index (χ1v) is 7.01. The van der Waals surface area contributed by atoms with E-state index in [1.54, 1.807) is 30.1 Å². The van der Waals surface area contributed by atoms with E-state index in [4.69, 9.17) is 22.2 Å². The molecule has 0 saturated carbocycles. The lowest BCUT2D eigenvalue weighted by Gasteiger charge is -2.20. The van der Waals surface area contributed by atoms with Gasteiger partial charge >= 0.3 is 0 Å². The maximum Gasteiger partial charge on any atom is 0.161 e. The van der Waals surface area contributed by atoms with Crippen LogP contribution in [0.15, 0.2) is 24.4 Å². The molecule has 1 unspecified atom stereocenters. The van der Waals surface area contributed by atoms with E-state index >= 15 is 0 Å². The number of benzene rings is 1. The Labute approximate surface area is 127 Å². The molecule has 1 aromatic heterocycles. The van der Waals surface area contributed by atoms with E-state index in [9.17, 15) is 4.39 Å². The summed E-state index contributed by atoms with van der Waals surface area (Å²) < 4.78 is 21.4. The van der Waals surface area contributed by atoms with E-state index in [1.165, 1.54) is 6.07 Å². The van der Waals surface area contributed by atoms with Crippen molar-refractivity contribution in [2.45, 2.75) is 25.9 Å². The van der Waals surface area contributed by atoms with Crippen molar-refractivity contribution >= 4 is 11.6 Å². The second kappa shape index (κ2) is 6.89. The zero-order chi connectivity index (χ0) is 15.4. The molecule has 7 heteroatoms. The number of nitrogens with two attached hydrogens (primary N) is 1.